The normalized spacial score (nSPS) is 9.62. The molecule has 4 heteroatoms. The maximum absolute atomic E-state index is 13.3. The van der Waals surface area contributed by atoms with Gasteiger partial charge in [-0.25, -0.2) is 4.39 Å². The molecule has 0 unspecified atom stereocenters. The van der Waals surface area contributed by atoms with Crippen molar-refractivity contribution in [1.29, 1.82) is 0 Å². The molecular weight excluding hydrogens is 248 g/mol. The molecule has 0 amide bonds. The van der Waals surface area contributed by atoms with Crippen molar-refractivity contribution in [2.24, 2.45) is 0 Å². The molecule has 0 aliphatic carbocycles. The third-order valence-electron chi connectivity index (χ3n) is 1.94. The molecule has 1 nitrogen and oxygen atoms in total. The van der Waals surface area contributed by atoms with Gasteiger partial charge in [0.25, 0.3) is 0 Å². The lowest BCUT2D eigenvalue weighted by molar-refractivity contribution is 0.601. The predicted molar refractivity (Wildman–Crippen MR) is 70.0 cm³/mol. The Morgan fingerprint density at radius 2 is 1.88 bits per heavy atom. The Morgan fingerprint density at radius 1 is 1.25 bits per heavy atom. The minimum absolute atomic E-state index is 0.294. The van der Waals surface area contributed by atoms with E-state index in [1.54, 1.807) is 0 Å². The van der Waals surface area contributed by atoms with Crippen LogP contribution in [-0.4, -0.2) is 13.1 Å². The standard InChI is InChI=1S/C10H12Cl2FN.C2H6/c1-2-14-6-5-7-9(13)4-3-8(11)10(7)12;1-2/h3-4,14H,2,5-6H2,1H3;1-2H3. The first-order chi connectivity index (χ1) is 7.66. The highest BCUT2D eigenvalue weighted by Crippen LogP contribution is 2.27. The Bertz CT molecular complexity index is 316. The SMILES string of the molecule is CC.CCNCCc1c(F)ccc(Cl)c1Cl. The molecular formula is C12H18Cl2FN. The van der Waals surface area contributed by atoms with E-state index in [0.717, 1.165) is 6.54 Å². The number of benzene rings is 1. The molecule has 92 valence electrons. The summed E-state index contributed by atoms with van der Waals surface area (Å²) < 4.78 is 13.3. The monoisotopic (exact) mass is 265 g/mol. The highest BCUT2D eigenvalue weighted by molar-refractivity contribution is 6.42. The van der Waals surface area contributed by atoms with Crippen molar-refractivity contribution in [3.63, 3.8) is 0 Å². The van der Waals surface area contributed by atoms with Crippen LogP contribution in [0.2, 0.25) is 10.0 Å². The lowest BCUT2D eigenvalue weighted by atomic mass is 10.1. The Labute approximate surface area is 107 Å². The summed E-state index contributed by atoms with van der Waals surface area (Å²) in [5, 5.41) is 3.83. The topological polar surface area (TPSA) is 12.0 Å². The molecule has 1 N–H and O–H groups in total. The van der Waals surface area contributed by atoms with Crippen molar-refractivity contribution >= 4 is 23.2 Å². The van der Waals surface area contributed by atoms with Gasteiger partial charge in [-0.3, -0.25) is 0 Å². The zero-order valence-corrected chi connectivity index (χ0v) is 11.4. The summed E-state index contributed by atoms with van der Waals surface area (Å²) in [7, 11) is 0. The van der Waals surface area contributed by atoms with Crippen LogP contribution < -0.4 is 5.32 Å². The molecule has 1 rings (SSSR count). The molecule has 0 radical (unpaired) electrons. The van der Waals surface area contributed by atoms with Gasteiger partial charge in [-0.05, 0) is 31.6 Å². The van der Waals surface area contributed by atoms with Crippen molar-refractivity contribution in [3.05, 3.63) is 33.6 Å². The molecule has 0 saturated carbocycles. The van der Waals surface area contributed by atoms with E-state index in [0.29, 0.717) is 28.6 Å². The van der Waals surface area contributed by atoms with Crippen LogP contribution in [0.5, 0.6) is 0 Å². The predicted octanol–water partition coefficient (Wildman–Crippen LogP) is 4.31. The van der Waals surface area contributed by atoms with Crippen molar-refractivity contribution < 1.29 is 4.39 Å². The van der Waals surface area contributed by atoms with E-state index in [-0.39, 0.29) is 5.82 Å². The largest absolute Gasteiger partial charge is 0.317 e. The third kappa shape index (κ3) is 4.69. The van der Waals surface area contributed by atoms with Crippen LogP contribution in [0.4, 0.5) is 4.39 Å². The lowest BCUT2D eigenvalue weighted by Gasteiger charge is -2.07. The van der Waals surface area contributed by atoms with Gasteiger partial charge in [0.05, 0.1) is 10.0 Å². The van der Waals surface area contributed by atoms with Crippen LogP contribution in [0.15, 0.2) is 12.1 Å². The third-order valence-corrected chi connectivity index (χ3v) is 2.78. The average molecular weight is 266 g/mol. The number of rotatable bonds is 4. The van der Waals surface area contributed by atoms with E-state index in [1.807, 2.05) is 20.8 Å². The van der Waals surface area contributed by atoms with Crippen LogP contribution in [-0.2, 0) is 6.42 Å². The van der Waals surface area contributed by atoms with Crippen LogP contribution in [0, 0.1) is 5.82 Å². The lowest BCUT2D eigenvalue weighted by Crippen LogP contribution is -2.16. The highest BCUT2D eigenvalue weighted by Gasteiger charge is 2.09. The molecule has 0 atom stereocenters. The molecule has 1 aromatic carbocycles. The Morgan fingerprint density at radius 3 is 2.44 bits per heavy atom. The summed E-state index contributed by atoms with van der Waals surface area (Å²) in [6.45, 7) is 7.56. The fourth-order valence-corrected chi connectivity index (χ4v) is 1.61. The van der Waals surface area contributed by atoms with E-state index in [1.165, 1.54) is 12.1 Å². The van der Waals surface area contributed by atoms with Crippen molar-refractivity contribution in [2.75, 3.05) is 13.1 Å². The van der Waals surface area contributed by atoms with Crippen LogP contribution in [0.3, 0.4) is 0 Å². The molecule has 0 fully saturated rings. The van der Waals surface area contributed by atoms with Crippen LogP contribution in [0.1, 0.15) is 26.3 Å². The minimum atomic E-state index is -0.294. The summed E-state index contributed by atoms with van der Waals surface area (Å²) in [6, 6.07) is 2.81. The Balaban J connectivity index is 0.00000106. The number of halogens is 3. The first-order valence-corrected chi connectivity index (χ1v) is 6.25. The smallest absolute Gasteiger partial charge is 0.128 e. The number of hydrogen-bond acceptors (Lipinski definition) is 1. The summed E-state index contributed by atoms with van der Waals surface area (Å²) in [4.78, 5) is 0. The minimum Gasteiger partial charge on any atom is -0.317 e. The summed E-state index contributed by atoms with van der Waals surface area (Å²) in [5.74, 6) is -0.294. The second kappa shape index (κ2) is 8.80. The molecule has 0 saturated heterocycles. The van der Waals surface area contributed by atoms with Gasteiger partial charge in [0, 0.05) is 5.56 Å². The molecule has 0 aromatic heterocycles. The zero-order valence-electron chi connectivity index (χ0n) is 9.91. The second-order valence-corrected chi connectivity index (χ2v) is 3.71. The van der Waals surface area contributed by atoms with Gasteiger partial charge in [-0.1, -0.05) is 44.0 Å². The van der Waals surface area contributed by atoms with Crippen LogP contribution in [0.25, 0.3) is 0 Å². The number of hydrogen-bond donors (Lipinski definition) is 1. The summed E-state index contributed by atoms with van der Waals surface area (Å²) in [6.07, 6.45) is 0.555. The molecule has 0 aliphatic rings. The first-order valence-electron chi connectivity index (χ1n) is 5.50. The summed E-state index contributed by atoms with van der Waals surface area (Å²) >= 11 is 11.7. The van der Waals surface area contributed by atoms with E-state index in [2.05, 4.69) is 5.32 Å². The zero-order chi connectivity index (χ0) is 12.6. The Kier molecular flexibility index (Phi) is 8.63. The highest BCUT2D eigenvalue weighted by atomic mass is 35.5. The van der Waals surface area contributed by atoms with E-state index in [9.17, 15) is 4.39 Å². The van der Waals surface area contributed by atoms with Gasteiger partial charge in [-0.2, -0.15) is 0 Å². The van der Waals surface area contributed by atoms with Crippen LogP contribution >= 0.6 is 23.2 Å². The summed E-state index contributed by atoms with van der Waals surface area (Å²) in [5.41, 5.74) is 0.486. The van der Waals surface area contributed by atoms with Crippen molar-refractivity contribution in [2.45, 2.75) is 27.2 Å². The molecule has 0 aliphatic heterocycles. The fraction of sp³-hybridized carbons (Fsp3) is 0.500. The molecule has 0 heterocycles. The fourth-order valence-electron chi connectivity index (χ4n) is 1.19. The molecule has 0 spiro atoms. The van der Waals surface area contributed by atoms with Crippen molar-refractivity contribution in [1.82, 2.24) is 5.32 Å². The molecule has 16 heavy (non-hydrogen) atoms. The van der Waals surface area contributed by atoms with E-state index < -0.39 is 0 Å². The maximum atomic E-state index is 13.3. The molecule has 0 bridgehead atoms. The first kappa shape index (κ1) is 15.7. The number of likely N-dealkylation sites (N-methyl/N-ethyl adjacent to an activating group) is 1. The van der Waals surface area contributed by atoms with Gasteiger partial charge in [0.2, 0.25) is 0 Å². The van der Waals surface area contributed by atoms with Gasteiger partial charge < -0.3 is 5.32 Å². The van der Waals surface area contributed by atoms with Gasteiger partial charge in [-0.15, -0.1) is 0 Å². The number of nitrogens with one attached hydrogen (secondary N) is 1. The average Bonchev–Trinajstić information content (AvgIpc) is 2.31. The van der Waals surface area contributed by atoms with E-state index >= 15 is 0 Å². The van der Waals surface area contributed by atoms with Gasteiger partial charge in [0.15, 0.2) is 0 Å². The Hall–Kier alpha value is -0.310. The van der Waals surface area contributed by atoms with Gasteiger partial charge >= 0.3 is 0 Å². The molecule has 1 aromatic rings. The maximum Gasteiger partial charge on any atom is 0.128 e. The van der Waals surface area contributed by atoms with Crippen molar-refractivity contribution in [3.8, 4) is 0 Å². The second-order valence-electron chi connectivity index (χ2n) is 2.93. The van der Waals surface area contributed by atoms with E-state index in [4.69, 9.17) is 23.2 Å². The quantitative estimate of drug-likeness (QED) is 0.632. The van der Waals surface area contributed by atoms with Gasteiger partial charge in [0.1, 0.15) is 5.82 Å².